The van der Waals surface area contributed by atoms with E-state index >= 15 is 0 Å². The Balaban J connectivity index is 2.12. The molecule has 0 spiro atoms. The summed E-state index contributed by atoms with van der Waals surface area (Å²) in [5.74, 6) is 0. The van der Waals surface area contributed by atoms with E-state index in [-0.39, 0.29) is 22.7 Å². The summed E-state index contributed by atoms with van der Waals surface area (Å²) in [6.45, 7) is -0.166. The van der Waals surface area contributed by atoms with E-state index in [1.807, 2.05) is 18.2 Å². The second kappa shape index (κ2) is 7.90. The quantitative estimate of drug-likeness (QED) is 0.422. The third kappa shape index (κ3) is 4.60. The van der Waals surface area contributed by atoms with Crippen LogP contribution >= 0.6 is 0 Å². The van der Waals surface area contributed by atoms with Crippen molar-refractivity contribution in [2.45, 2.75) is 18.8 Å². The van der Waals surface area contributed by atoms with Gasteiger partial charge in [0.25, 0.3) is 0 Å². The third-order valence-corrected chi connectivity index (χ3v) is 6.95. The topological polar surface area (TPSA) is 20.2 Å². The molecule has 0 aliphatic heterocycles. The maximum Gasteiger partial charge on any atom is 0.416 e. The maximum atomic E-state index is 13.1. The molecule has 1 N–H and O–H groups in total. The first-order valence-electron chi connectivity index (χ1n) is 8.15. The lowest BCUT2D eigenvalue weighted by atomic mass is 10.0. The van der Waals surface area contributed by atoms with E-state index in [0.29, 0.717) is 3.57 Å². The molecule has 0 amide bonds. The van der Waals surface area contributed by atoms with E-state index in [2.05, 4.69) is 0 Å². The van der Waals surface area contributed by atoms with E-state index in [4.69, 9.17) is 0 Å². The van der Waals surface area contributed by atoms with Gasteiger partial charge in [-0.05, 0) is 29.0 Å². The van der Waals surface area contributed by atoms with Crippen LogP contribution in [0.2, 0.25) is 0 Å². The molecule has 1 nitrogen and oxygen atoms in total. The normalized spacial score (nSPS) is 12.5. The minimum Gasteiger partial charge on any atom is -0.396 e. The van der Waals surface area contributed by atoms with Crippen molar-refractivity contribution in [3.05, 3.63) is 78.4 Å². The number of fused-ring (bicyclic) bond motifs is 1. The minimum atomic E-state index is -4.86. The van der Waals surface area contributed by atoms with Crippen LogP contribution in [0.4, 0.5) is 26.3 Å². The summed E-state index contributed by atoms with van der Waals surface area (Å²) in [6.07, 6.45) is -9.45. The van der Waals surface area contributed by atoms with E-state index in [9.17, 15) is 31.4 Å². The summed E-state index contributed by atoms with van der Waals surface area (Å²) in [4.78, 5) is 0. The van der Waals surface area contributed by atoms with Gasteiger partial charge in [-0.15, -0.1) is 0 Å². The SMILES string of the molecule is OCCc1c([I+]c2cc(C(F)(F)F)cc(C(F)(F)F)c2)ccc2ccccc12. The Labute approximate surface area is 167 Å². The van der Waals surface area contributed by atoms with Crippen molar-refractivity contribution in [2.75, 3.05) is 6.61 Å². The van der Waals surface area contributed by atoms with E-state index in [0.717, 1.165) is 28.5 Å². The molecule has 0 radical (unpaired) electrons. The van der Waals surface area contributed by atoms with Crippen LogP contribution < -0.4 is 21.2 Å². The Morgan fingerprint density at radius 1 is 0.786 bits per heavy atom. The number of aliphatic hydroxyl groups is 1. The Hall–Kier alpha value is -1.81. The average molecular weight is 511 g/mol. The average Bonchev–Trinajstić information content (AvgIpc) is 2.62. The maximum absolute atomic E-state index is 13.1. The molecule has 0 fully saturated rings. The fraction of sp³-hybridized carbons (Fsp3) is 0.200. The molecule has 3 aromatic rings. The van der Waals surface area contributed by atoms with Gasteiger partial charge in [-0.3, -0.25) is 0 Å². The van der Waals surface area contributed by atoms with Crippen LogP contribution in [-0.2, 0) is 18.8 Å². The fourth-order valence-electron chi connectivity index (χ4n) is 2.85. The van der Waals surface area contributed by atoms with Crippen molar-refractivity contribution in [2.24, 2.45) is 0 Å². The van der Waals surface area contributed by atoms with Crippen LogP contribution in [0.1, 0.15) is 16.7 Å². The molecule has 0 bridgehead atoms. The highest BCUT2D eigenvalue weighted by Gasteiger charge is 2.39. The molecule has 0 aliphatic rings. The molecule has 0 heterocycles. The van der Waals surface area contributed by atoms with Crippen molar-refractivity contribution in [1.82, 2.24) is 0 Å². The van der Waals surface area contributed by atoms with Crippen molar-refractivity contribution in [3.63, 3.8) is 0 Å². The zero-order valence-electron chi connectivity index (χ0n) is 14.2. The standard InChI is InChI=1S/C20H14F6IO/c21-19(22,23)13-9-14(20(24,25)26)11-15(10-13)27-18-6-5-12-3-1-2-4-16(12)17(18)7-8-28/h1-6,9-11,28H,7-8H2/q+1. The highest BCUT2D eigenvalue weighted by Crippen LogP contribution is 2.35. The number of hydrogen-bond acceptors (Lipinski definition) is 1. The smallest absolute Gasteiger partial charge is 0.396 e. The molecule has 0 atom stereocenters. The zero-order chi connectivity index (χ0) is 20.5. The molecule has 0 aromatic heterocycles. The van der Waals surface area contributed by atoms with Crippen LogP contribution in [-0.4, -0.2) is 11.7 Å². The van der Waals surface area contributed by atoms with Gasteiger partial charge in [0.1, 0.15) is 0 Å². The Morgan fingerprint density at radius 3 is 1.96 bits per heavy atom. The molecule has 0 saturated carbocycles. The molecule has 148 valence electrons. The summed E-state index contributed by atoms with van der Waals surface area (Å²) in [6, 6.07) is 12.6. The van der Waals surface area contributed by atoms with E-state index in [1.54, 1.807) is 18.2 Å². The fourth-order valence-corrected chi connectivity index (χ4v) is 5.75. The predicted octanol–water partition coefficient (Wildman–Crippen LogP) is 2.54. The lowest BCUT2D eigenvalue weighted by Gasteiger charge is -2.11. The lowest BCUT2D eigenvalue weighted by Crippen LogP contribution is -3.61. The first-order valence-corrected chi connectivity index (χ1v) is 10.3. The lowest BCUT2D eigenvalue weighted by molar-refractivity contribution is -0.598. The van der Waals surface area contributed by atoms with Gasteiger partial charge in [0.15, 0.2) is 7.14 Å². The van der Waals surface area contributed by atoms with Crippen LogP contribution in [0, 0.1) is 7.14 Å². The molecule has 3 rings (SSSR count). The van der Waals surface area contributed by atoms with Crippen LogP contribution in [0.3, 0.4) is 0 Å². The molecule has 8 heteroatoms. The van der Waals surface area contributed by atoms with Crippen molar-refractivity contribution < 1.29 is 52.7 Å². The van der Waals surface area contributed by atoms with Crippen LogP contribution in [0.25, 0.3) is 10.8 Å². The number of hydrogen-bond donors (Lipinski definition) is 1. The molecule has 0 aliphatic carbocycles. The van der Waals surface area contributed by atoms with Crippen LogP contribution in [0.15, 0.2) is 54.6 Å². The molecule has 28 heavy (non-hydrogen) atoms. The molecule has 0 unspecified atom stereocenters. The first kappa shape index (κ1) is 20.9. The predicted molar refractivity (Wildman–Crippen MR) is 88.6 cm³/mol. The molecule has 3 aromatic carbocycles. The minimum absolute atomic E-state index is 0.0235. The second-order valence-electron chi connectivity index (χ2n) is 6.04. The Kier molecular flexibility index (Phi) is 5.90. The van der Waals surface area contributed by atoms with Gasteiger partial charge < -0.3 is 5.11 Å². The zero-order valence-corrected chi connectivity index (χ0v) is 16.4. The van der Waals surface area contributed by atoms with Gasteiger partial charge in [-0.2, -0.15) is 26.3 Å². The summed E-state index contributed by atoms with van der Waals surface area (Å²) in [5.41, 5.74) is -1.84. The Bertz CT molecular complexity index is 962. The monoisotopic (exact) mass is 511 g/mol. The number of halogens is 7. The van der Waals surface area contributed by atoms with Crippen LogP contribution in [0.5, 0.6) is 0 Å². The van der Waals surface area contributed by atoms with Crippen molar-refractivity contribution in [1.29, 1.82) is 0 Å². The number of alkyl halides is 6. The van der Waals surface area contributed by atoms with Gasteiger partial charge in [0.05, 0.1) is 11.1 Å². The van der Waals surface area contributed by atoms with Gasteiger partial charge in [0.2, 0.25) is 0 Å². The summed E-state index contributed by atoms with van der Waals surface area (Å²) in [5, 5.41) is 11.1. The van der Waals surface area contributed by atoms with E-state index in [1.165, 1.54) is 0 Å². The van der Waals surface area contributed by atoms with Crippen molar-refractivity contribution >= 4 is 10.8 Å². The Morgan fingerprint density at radius 2 is 1.39 bits per heavy atom. The highest BCUT2D eigenvalue weighted by molar-refractivity contribution is 5.85. The second-order valence-corrected chi connectivity index (χ2v) is 8.99. The summed E-state index contributed by atoms with van der Waals surface area (Å²) < 4.78 is 79.3. The summed E-state index contributed by atoms with van der Waals surface area (Å²) >= 11 is -1.32. The number of aliphatic hydroxyl groups excluding tert-OH is 1. The van der Waals surface area contributed by atoms with Gasteiger partial charge in [-0.25, -0.2) is 0 Å². The first-order chi connectivity index (χ1) is 13.1. The van der Waals surface area contributed by atoms with Gasteiger partial charge in [-0.1, -0.05) is 24.3 Å². The largest absolute Gasteiger partial charge is 0.416 e. The highest BCUT2D eigenvalue weighted by atomic mass is 127. The number of rotatable bonds is 4. The van der Waals surface area contributed by atoms with Crippen molar-refractivity contribution in [3.8, 4) is 0 Å². The summed E-state index contributed by atoms with van der Waals surface area (Å²) in [7, 11) is 0. The van der Waals surface area contributed by atoms with E-state index < -0.39 is 44.7 Å². The van der Waals surface area contributed by atoms with Gasteiger partial charge >= 0.3 is 33.6 Å². The molecular weight excluding hydrogens is 497 g/mol. The molecular formula is C20H14F6IO+. The number of benzene rings is 3. The molecule has 0 saturated heterocycles. The third-order valence-electron chi connectivity index (χ3n) is 4.11. The van der Waals surface area contributed by atoms with Gasteiger partial charge in [0, 0.05) is 30.7 Å².